The van der Waals surface area contributed by atoms with Crippen LogP contribution in [0.1, 0.15) is 24.2 Å². The minimum atomic E-state index is -0.157. The van der Waals surface area contributed by atoms with Crippen molar-refractivity contribution in [1.82, 2.24) is 0 Å². The minimum absolute atomic E-state index is 0.149. The van der Waals surface area contributed by atoms with Gasteiger partial charge in [-0.2, -0.15) is 0 Å². The van der Waals surface area contributed by atoms with Crippen LogP contribution in [0.25, 0.3) is 0 Å². The maximum Gasteiger partial charge on any atom is 0.188 e. The lowest BCUT2D eigenvalue weighted by Gasteiger charge is -2.13. The van der Waals surface area contributed by atoms with Crippen LogP contribution in [0, 0.1) is 0 Å². The molecular weight excluding hydrogens is 394 g/mol. The van der Waals surface area contributed by atoms with Crippen LogP contribution in [0.2, 0.25) is 10.0 Å². The lowest BCUT2D eigenvalue weighted by atomic mass is 10.2. The Bertz CT molecular complexity index is 729. The van der Waals surface area contributed by atoms with Gasteiger partial charge in [-0.05, 0) is 40.6 Å². The van der Waals surface area contributed by atoms with Crippen molar-refractivity contribution in [3.05, 3.63) is 52.0 Å². The Morgan fingerprint density at radius 1 is 1.00 bits per heavy atom. The van der Waals surface area contributed by atoms with Gasteiger partial charge in [0, 0.05) is 11.9 Å². The average molecular weight is 415 g/mol. The summed E-state index contributed by atoms with van der Waals surface area (Å²) < 4.78 is 16.4. The molecule has 1 unspecified atom stereocenters. The van der Waals surface area contributed by atoms with E-state index in [0.717, 1.165) is 5.30 Å². The second-order valence-electron chi connectivity index (χ2n) is 5.19. The first-order chi connectivity index (χ1) is 12.6. The fourth-order valence-electron chi connectivity index (χ4n) is 2.25. The lowest BCUT2D eigenvalue weighted by molar-refractivity contribution is 0.108. The van der Waals surface area contributed by atoms with Gasteiger partial charge in [-0.3, -0.25) is 4.79 Å². The second kappa shape index (κ2) is 10.7. The third-order valence-corrected chi connectivity index (χ3v) is 5.13. The van der Waals surface area contributed by atoms with E-state index in [0.29, 0.717) is 43.5 Å². The number of ether oxygens (including phenoxy) is 3. The number of benzene rings is 2. The van der Waals surface area contributed by atoms with Crippen LogP contribution >= 0.6 is 31.8 Å². The Hall–Kier alpha value is -1.32. The molecule has 0 radical (unpaired) electrons. The van der Waals surface area contributed by atoms with Gasteiger partial charge in [0.1, 0.15) is 18.1 Å². The minimum Gasteiger partial charge on any atom is -0.494 e. The quantitative estimate of drug-likeness (QED) is 0.407. The number of carbonyl (C=O) groups is 1. The molecule has 0 aliphatic carbocycles. The molecule has 0 fully saturated rings. The molecule has 7 heteroatoms. The maximum absolute atomic E-state index is 12.8. The highest BCUT2D eigenvalue weighted by atomic mass is 35.5. The van der Waals surface area contributed by atoms with Gasteiger partial charge in [0.05, 0.1) is 28.8 Å². The van der Waals surface area contributed by atoms with Gasteiger partial charge in [-0.25, -0.2) is 0 Å². The van der Waals surface area contributed by atoms with E-state index in [2.05, 4.69) is 0 Å². The van der Waals surface area contributed by atoms with E-state index >= 15 is 0 Å². The molecule has 140 valence electrons. The van der Waals surface area contributed by atoms with E-state index < -0.39 is 0 Å². The van der Waals surface area contributed by atoms with Crippen molar-refractivity contribution in [3.63, 3.8) is 0 Å². The molecule has 0 spiro atoms. The molecule has 0 amide bonds. The lowest BCUT2D eigenvalue weighted by Crippen LogP contribution is -2.12. The molecule has 0 aromatic heterocycles. The first-order valence-electron chi connectivity index (χ1n) is 8.29. The number of hydrogen-bond acceptors (Lipinski definition) is 4. The Kier molecular flexibility index (Phi) is 8.67. The van der Waals surface area contributed by atoms with Crippen molar-refractivity contribution in [2.24, 2.45) is 0 Å². The summed E-state index contributed by atoms with van der Waals surface area (Å²) in [5, 5.41) is 1.37. The largest absolute Gasteiger partial charge is 0.494 e. The van der Waals surface area contributed by atoms with Crippen molar-refractivity contribution in [3.8, 4) is 11.5 Å². The standard InChI is InChI=1S/C19H21Cl2O4P/c1-3-23-9-10-25-16-7-5-6-8-17(16)26-19(22)18-14(20)11-13(24-4-2)12-15(18)21/h5-8,11-12,26H,3-4,9-10H2,1-2H3. The summed E-state index contributed by atoms with van der Waals surface area (Å²) in [4.78, 5) is 12.8. The molecular formula is C19H21Cl2O4P. The summed E-state index contributed by atoms with van der Waals surface area (Å²) in [5.41, 5.74) is 0.156. The van der Waals surface area contributed by atoms with Gasteiger partial charge in [-0.1, -0.05) is 41.4 Å². The molecule has 0 heterocycles. The van der Waals surface area contributed by atoms with E-state index in [9.17, 15) is 4.79 Å². The molecule has 0 N–H and O–H groups in total. The monoisotopic (exact) mass is 414 g/mol. The van der Waals surface area contributed by atoms with E-state index in [-0.39, 0.29) is 24.2 Å². The van der Waals surface area contributed by atoms with Crippen molar-refractivity contribution >= 4 is 42.6 Å². The molecule has 2 aromatic carbocycles. The molecule has 26 heavy (non-hydrogen) atoms. The second-order valence-corrected chi connectivity index (χ2v) is 7.25. The molecule has 0 bridgehead atoms. The fourth-order valence-corrected chi connectivity index (χ4v) is 4.15. The van der Waals surface area contributed by atoms with Crippen LogP contribution in [0.4, 0.5) is 0 Å². The summed E-state index contributed by atoms with van der Waals surface area (Å²) >= 11 is 12.5. The first-order valence-corrected chi connectivity index (χ1v) is 10.0. The van der Waals surface area contributed by atoms with E-state index in [1.165, 1.54) is 0 Å². The van der Waals surface area contributed by atoms with E-state index in [4.69, 9.17) is 37.4 Å². The van der Waals surface area contributed by atoms with Gasteiger partial charge in [0.15, 0.2) is 5.52 Å². The zero-order valence-corrected chi connectivity index (χ0v) is 17.2. The number of carbonyl (C=O) groups excluding carboxylic acids is 1. The van der Waals surface area contributed by atoms with Gasteiger partial charge in [0.2, 0.25) is 0 Å². The molecule has 1 atom stereocenters. The average Bonchev–Trinajstić information content (AvgIpc) is 2.59. The van der Waals surface area contributed by atoms with Gasteiger partial charge in [0.25, 0.3) is 0 Å². The normalized spacial score (nSPS) is 11.1. The van der Waals surface area contributed by atoms with Crippen LogP contribution in [-0.4, -0.2) is 32.0 Å². The molecule has 0 aliphatic heterocycles. The molecule has 0 saturated carbocycles. The third-order valence-electron chi connectivity index (χ3n) is 3.38. The zero-order valence-electron chi connectivity index (χ0n) is 14.7. The Balaban J connectivity index is 2.15. The predicted octanol–water partition coefficient (Wildman–Crippen LogP) is 4.95. The number of hydrogen-bond donors (Lipinski definition) is 0. The highest BCUT2D eigenvalue weighted by Gasteiger charge is 2.18. The summed E-state index contributed by atoms with van der Waals surface area (Å²) in [6.45, 7) is 5.85. The third kappa shape index (κ3) is 5.85. The van der Waals surface area contributed by atoms with Crippen LogP contribution < -0.4 is 14.8 Å². The fraction of sp³-hybridized carbons (Fsp3) is 0.316. The van der Waals surface area contributed by atoms with Crippen LogP contribution in [0.15, 0.2) is 36.4 Å². The smallest absolute Gasteiger partial charge is 0.188 e. The summed E-state index contributed by atoms with van der Waals surface area (Å²) in [6.07, 6.45) is 0. The Morgan fingerprint density at radius 2 is 1.69 bits per heavy atom. The van der Waals surface area contributed by atoms with Gasteiger partial charge >= 0.3 is 0 Å². The summed E-state index contributed by atoms with van der Waals surface area (Å²) in [6, 6.07) is 10.7. The summed E-state index contributed by atoms with van der Waals surface area (Å²) in [5.74, 6) is 1.21. The van der Waals surface area contributed by atoms with Crippen LogP contribution in [0.3, 0.4) is 0 Å². The predicted molar refractivity (Wildman–Crippen MR) is 108 cm³/mol. The zero-order chi connectivity index (χ0) is 18.9. The highest BCUT2D eigenvalue weighted by Crippen LogP contribution is 2.35. The van der Waals surface area contributed by atoms with Crippen LogP contribution in [-0.2, 0) is 4.74 Å². The van der Waals surface area contributed by atoms with E-state index in [1.807, 2.05) is 38.1 Å². The molecule has 2 rings (SSSR count). The molecule has 0 saturated heterocycles. The highest BCUT2D eigenvalue weighted by molar-refractivity contribution is 7.66. The van der Waals surface area contributed by atoms with Crippen molar-refractivity contribution < 1.29 is 19.0 Å². The number of rotatable bonds is 10. The van der Waals surface area contributed by atoms with Gasteiger partial charge in [-0.15, -0.1) is 0 Å². The molecule has 0 aliphatic rings. The number of halogens is 2. The molecule has 2 aromatic rings. The number of para-hydroxylation sites is 1. The first kappa shape index (κ1) is 21.0. The Morgan fingerprint density at radius 3 is 2.35 bits per heavy atom. The Labute approximate surface area is 165 Å². The van der Waals surface area contributed by atoms with Gasteiger partial charge < -0.3 is 14.2 Å². The van der Waals surface area contributed by atoms with Crippen LogP contribution in [0.5, 0.6) is 11.5 Å². The van der Waals surface area contributed by atoms with E-state index in [1.54, 1.807) is 12.1 Å². The maximum atomic E-state index is 12.8. The van der Waals surface area contributed by atoms with Crippen molar-refractivity contribution in [2.45, 2.75) is 13.8 Å². The van der Waals surface area contributed by atoms with Crippen molar-refractivity contribution in [2.75, 3.05) is 26.4 Å². The summed E-state index contributed by atoms with van der Waals surface area (Å²) in [7, 11) is -0.157. The SMILES string of the molecule is CCOCCOc1ccccc1PC(=O)c1c(Cl)cc(OCC)cc1Cl. The molecule has 4 nitrogen and oxygen atoms in total. The topological polar surface area (TPSA) is 44.8 Å². The van der Waals surface area contributed by atoms with Crippen molar-refractivity contribution in [1.29, 1.82) is 0 Å².